The molecule has 1 aliphatic rings. The molecule has 1 aliphatic heterocycles. The molecule has 0 aromatic heterocycles. The Morgan fingerprint density at radius 2 is 2.00 bits per heavy atom. The van der Waals surface area contributed by atoms with Crippen LogP contribution >= 0.6 is 0 Å². The van der Waals surface area contributed by atoms with Gasteiger partial charge >= 0.3 is 6.03 Å². The van der Waals surface area contributed by atoms with Gasteiger partial charge in [-0.05, 0) is 6.42 Å². The van der Waals surface area contributed by atoms with Crippen molar-refractivity contribution in [2.24, 2.45) is 0 Å². The molecule has 1 rings (SSSR count). The topological polar surface area (TPSA) is 83.6 Å². The van der Waals surface area contributed by atoms with Gasteiger partial charge in [-0.3, -0.25) is 9.69 Å². The number of carbonyl (C=O) groups is 2. The lowest BCUT2D eigenvalue weighted by atomic mass is 10.2. The number of hydrogen-bond donors (Lipinski definition) is 1. The number of rotatable bonds is 3. The Kier molecular flexibility index (Phi) is 2.79. The van der Waals surface area contributed by atoms with Crippen molar-refractivity contribution in [2.45, 2.75) is 12.5 Å². The Morgan fingerprint density at radius 3 is 2.36 bits per heavy atom. The van der Waals surface area contributed by atoms with Gasteiger partial charge in [-0.1, -0.05) is 0 Å². The molecular formula is C7H12N2O4S. The van der Waals surface area contributed by atoms with Crippen LogP contribution in [0, 0.1) is 0 Å². The number of nitrogens with zero attached hydrogens (tertiary/aromatic N) is 1. The molecule has 0 bridgehead atoms. The van der Waals surface area contributed by atoms with E-state index in [-0.39, 0.29) is 18.1 Å². The van der Waals surface area contributed by atoms with Gasteiger partial charge in [-0.25, -0.2) is 13.2 Å². The standard InChI is InChI=1S/C7H12N2O4S/c1-9-6(10)5(8-7(9)11)3-4-14(2,12)13/h5H,3-4H2,1-2H3,(H,8,11). The summed E-state index contributed by atoms with van der Waals surface area (Å²) < 4.78 is 21.6. The van der Waals surface area contributed by atoms with Crippen molar-refractivity contribution in [3.05, 3.63) is 0 Å². The summed E-state index contributed by atoms with van der Waals surface area (Å²) in [6, 6.07) is -1.17. The highest BCUT2D eigenvalue weighted by Crippen LogP contribution is 2.07. The summed E-state index contributed by atoms with van der Waals surface area (Å²) in [6.07, 6.45) is 1.23. The van der Waals surface area contributed by atoms with Crippen molar-refractivity contribution in [2.75, 3.05) is 19.1 Å². The largest absolute Gasteiger partial charge is 0.326 e. The fourth-order valence-electron chi connectivity index (χ4n) is 1.17. The van der Waals surface area contributed by atoms with E-state index in [4.69, 9.17) is 0 Å². The third-order valence-electron chi connectivity index (χ3n) is 2.01. The van der Waals surface area contributed by atoms with Gasteiger partial charge < -0.3 is 5.32 Å². The predicted molar refractivity (Wildman–Crippen MR) is 49.4 cm³/mol. The molecule has 0 spiro atoms. The molecule has 7 heteroatoms. The predicted octanol–water partition coefficient (Wildman–Crippen LogP) is -1.03. The van der Waals surface area contributed by atoms with Crippen LogP contribution in [0.1, 0.15) is 6.42 Å². The lowest BCUT2D eigenvalue weighted by Gasteiger charge is -2.06. The number of urea groups is 1. The summed E-state index contributed by atoms with van der Waals surface area (Å²) in [5.74, 6) is -0.476. The first-order chi connectivity index (χ1) is 6.31. The van der Waals surface area contributed by atoms with Crippen molar-refractivity contribution in [3.8, 4) is 0 Å². The molecule has 0 aromatic carbocycles. The van der Waals surface area contributed by atoms with Crippen molar-refractivity contribution < 1.29 is 18.0 Å². The SMILES string of the molecule is CN1C(=O)NC(CCS(C)(=O)=O)C1=O. The number of carbonyl (C=O) groups excluding carboxylic acids is 2. The minimum atomic E-state index is -3.09. The third kappa shape index (κ3) is 2.44. The van der Waals surface area contributed by atoms with E-state index in [1.54, 1.807) is 0 Å². The summed E-state index contributed by atoms with van der Waals surface area (Å²) >= 11 is 0. The molecule has 1 atom stereocenters. The molecule has 80 valence electrons. The molecule has 1 saturated heterocycles. The van der Waals surface area contributed by atoms with E-state index >= 15 is 0 Å². The summed E-state index contributed by atoms with van der Waals surface area (Å²) in [5.41, 5.74) is 0. The number of imide groups is 1. The summed E-state index contributed by atoms with van der Waals surface area (Å²) in [5, 5.41) is 2.40. The number of nitrogens with one attached hydrogen (secondary N) is 1. The Morgan fingerprint density at radius 1 is 1.43 bits per heavy atom. The van der Waals surface area contributed by atoms with E-state index in [2.05, 4.69) is 5.32 Å². The monoisotopic (exact) mass is 220 g/mol. The van der Waals surface area contributed by atoms with E-state index in [1.165, 1.54) is 7.05 Å². The molecule has 0 saturated carbocycles. The van der Waals surface area contributed by atoms with Crippen molar-refractivity contribution in [3.63, 3.8) is 0 Å². The lowest BCUT2D eigenvalue weighted by Crippen LogP contribution is -2.31. The van der Waals surface area contributed by atoms with E-state index in [9.17, 15) is 18.0 Å². The maximum absolute atomic E-state index is 11.3. The number of sulfone groups is 1. The van der Waals surface area contributed by atoms with Crippen molar-refractivity contribution >= 4 is 21.8 Å². The molecule has 1 fully saturated rings. The van der Waals surface area contributed by atoms with Crippen LogP contribution in [-0.4, -0.2) is 50.4 Å². The zero-order chi connectivity index (χ0) is 10.9. The first kappa shape index (κ1) is 11.0. The molecule has 0 radical (unpaired) electrons. The summed E-state index contributed by atoms with van der Waals surface area (Å²) in [6.45, 7) is 0. The van der Waals surface area contributed by atoms with Crippen LogP contribution in [0.5, 0.6) is 0 Å². The zero-order valence-electron chi connectivity index (χ0n) is 7.98. The van der Waals surface area contributed by atoms with Gasteiger partial charge in [0.05, 0.1) is 5.75 Å². The maximum Gasteiger partial charge on any atom is 0.324 e. The minimum Gasteiger partial charge on any atom is -0.326 e. The summed E-state index contributed by atoms with van der Waals surface area (Å²) in [4.78, 5) is 23.2. The molecule has 1 unspecified atom stereocenters. The number of likely N-dealkylation sites (N-methyl/N-ethyl adjacent to an activating group) is 1. The van der Waals surface area contributed by atoms with Crippen LogP contribution in [0.4, 0.5) is 4.79 Å². The Bertz CT molecular complexity index is 362. The smallest absolute Gasteiger partial charge is 0.324 e. The highest BCUT2D eigenvalue weighted by Gasteiger charge is 2.35. The molecule has 3 amide bonds. The minimum absolute atomic E-state index is 0.0997. The first-order valence-electron chi connectivity index (χ1n) is 4.07. The molecule has 0 aliphatic carbocycles. The fourth-order valence-corrected chi connectivity index (χ4v) is 1.83. The Hall–Kier alpha value is -1.11. The molecule has 6 nitrogen and oxygen atoms in total. The van der Waals surface area contributed by atoms with E-state index in [0.29, 0.717) is 0 Å². The van der Waals surface area contributed by atoms with E-state index in [1.807, 2.05) is 0 Å². The number of hydrogen-bond acceptors (Lipinski definition) is 4. The molecule has 14 heavy (non-hydrogen) atoms. The second kappa shape index (κ2) is 3.56. The van der Waals surface area contributed by atoms with Crippen LogP contribution in [0.2, 0.25) is 0 Å². The number of amides is 3. The van der Waals surface area contributed by atoms with Gasteiger partial charge in [0.1, 0.15) is 15.9 Å². The van der Waals surface area contributed by atoms with Crippen LogP contribution in [-0.2, 0) is 14.6 Å². The molecular weight excluding hydrogens is 208 g/mol. The van der Waals surface area contributed by atoms with Gasteiger partial charge in [0.2, 0.25) is 0 Å². The van der Waals surface area contributed by atoms with Gasteiger partial charge in [0.15, 0.2) is 0 Å². The highest BCUT2D eigenvalue weighted by atomic mass is 32.2. The second-order valence-corrected chi connectivity index (χ2v) is 5.58. The van der Waals surface area contributed by atoms with Crippen LogP contribution in [0.25, 0.3) is 0 Å². The van der Waals surface area contributed by atoms with Gasteiger partial charge in [-0.15, -0.1) is 0 Å². The van der Waals surface area contributed by atoms with Crippen molar-refractivity contribution in [1.29, 1.82) is 0 Å². The van der Waals surface area contributed by atoms with Crippen LogP contribution in [0.3, 0.4) is 0 Å². The first-order valence-corrected chi connectivity index (χ1v) is 6.13. The Labute approximate surface area is 82.2 Å². The van der Waals surface area contributed by atoms with Crippen molar-refractivity contribution in [1.82, 2.24) is 10.2 Å². The van der Waals surface area contributed by atoms with Gasteiger partial charge in [0.25, 0.3) is 5.91 Å². The average Bonchev–Trinajstić information content (AvgIpc) is 2.28. The molecule has 1 N–H and O–H groups in total. The Balaban J connectivity index is 2.57. The van der Waals surface area contributed by atoms with E-state index < -0.39 is 21.9 Å². The van der Waals surface area contributed by atoms with Crippen LogP contribution < -0.4 is 5.32 Å². The fraction of sp³-hybridized carbons (Fsp3) is 0.714. The summed E-state index contributed by atoms with van der Waals surface area (Å²) in [7, 11) is -1.73. The zero-order valence-corrected chi connectivity index (χ0v) is 8.80. The quantitative estimate of drug-likeness (QED) is 0.616. The maximum atomic E-state index is 11.3. The third-order valence-corrected chi connectivity index (χ3v) is 2.99. The molecule has 1 heterocycles. The highest BCUT2D eigenvalue weighted by molar-refractivity contribution is 7.90. The van der Waals surface area contributed by atoms with E-state index in [0.717, 1.165) is 11.2 Å². The van der Waals surface area contributed by atoms with Gasteiger partial charge in [-0.2, -0.15) is 0 Å². The lowest BCUT2D eigenvalue weighted by molar-refractivity contribution is -0.126. The van der Waals surface area contributed by atoms with Crippen LogP contribution in [0.15, 0.2) is 0 Å². The average molecular weight is 220 g/mol. The van der Waals surface area contributed by atoms with Gasteiger partial charge in [0, 0.05) is 13.3 Å². The molecule has 0 aromatic rings. The normalized spacial score (nSPS) is 22.7. The second-order valence-electron chi connectivity index (χ2n) is 3.32.